The van der Waals surface area contributed by atoms with E-state index in [4.69, 9.17) is 31.5 Å². The summed E-state index contributed by atoms with van der Waals surface area (Å²) in [4.78, 5) is 0. The Balaban J connectivity index is 2.62. The fourth-order valence-electron chi connectivity index (χ4n) is 3.02. The normalized spacial score (nSPS) is 17.6. The fourth-order valence-corrected chi connectivity index (χ4v) is 3.40. The minimum atomic E-state index is -0.458. The molecule has 0 aromatic heterocycles. The Morgan fingerprint density at radius 3 is 2.10 bits per heavy atom. The zero-order valence-corrected chi connectivity index (χ0v) is 13.0. The van der Waals surface area contributed by atoms with Gasteiger partial charge in [-0.1, -0.05) is 30.9 Å². The lowest BCUT2D eigenvalue weighted by atomic mass is 9.77. The van der Waals surface area contributed by atoms with E-state index in [1.54, 1.807) is 27.4 Å². The molecule has 5 heteroatoms. The first-order valence-corrected chi connectivity index (χ1v) is 7.23. The minimum Gasteiger partial charge on any atom is -0.493 e. The molecule has 0 spiro atoms. The van der Waals surface area contributed by atoms with Gasteiger partial charge in [0, 0.05) is 17.2 Å². The number of nitrogens with two attached hydrogens (primary N) is 1. The Morgan fingerprint density at radius 2 is 1.60 bits per heavy atom. The lowest BCUT2D eigenvalue weighted by Gasteiger charge is -2.36. The number of benzene rings is 1. The van der Waals surface area contributed by atoms with Crippen molar-refractivity contribution in [1.82, 2.24) is 0 Å². The van der Waals surface area contributed by atoms with Crippen LogP contribution in [-0.2, 0) is 5.54 Å². The summed E-state index contributed by atoms with van der Waals surface area (Å²) in [5.74, 6) is 1.68. The molecule has 0 bridgehead atoms. The summed E-state index contributed by atoms with van der Waals surface area (Å²) in [5, 5.41) is 0.573. The van der Waals surface area contributed by atoms with E-state index in [9.17, 15) is 0 Å². The Hall–Kier alpha value is -1.13. The van der Waals surface area contributed by atoms with Gasteiger partial charge in [0.2, 0.25) is 5.75 Å². The van der Waals surface area contributed by atoms with Gasteiger partial charge in [-0.05, 0) is 12.8 Å². The van der Waals surface area contributed by atoms with E-state index in [-0.39, 0.29) is 0 Å². The van der Waals surface area contributed by atoms with Gasteiger partial charge < -0.3 is 19.9 Å². The largest absolute Gasteiger partial charge is 0.493 e. The number of rotatable bonds is 4. The Bertz CT molecular complexity index is 484. The lowest BCUT2D eigenvalue weighted by Crippen LogP contribution is -2.39. The summed E-state index contributed by atoms with van der Waals surface area (Å²) in [7, 11) is 4.76. The zero-order valence-electron chi connectivity index (χ0n) is 12.3. The number of ether oxygens (including phenoxy) is 3. The SMILES string of the molecule is COc1cc(Cl)c(C2(N)CCCCC2)c(OC)c1OC. The molecule has 2 N–H and O–H groups in total. The van der Waals surface area contributed by atoms with Crippen LogP contribution in [0.3, 0.4) is 0 Å². The molecular formula is C15H22ClNO3. The predicted molar refractivity (Wildman–Crippen MR) is 80.1 cm³/mol. The first kappa shape index (κ1) is 15.3. The van der Waals surface area contributed by atoms with Crippen LogP contribution in [0.25, 0.3) is 0 Å². The van der Waals surface area contributed by atoms with Crippen LogP contribution in [-0.4, -0.2) is 21.3 Å². The highest BCUT2D eigenvalue weighted by Gasteiger charge is 2.36. The molecule has 1 aliphatic rings. The molecule has 112 valence electrons. The second-order valence-electron chi connectivity index (χ2n) is 5.22. The maximum atomic E-state index is 6.61. The minimum absolute atomic E-state index is 0.458. The molecule has 1 aromatic carbocycles. The molecule has 0 radical (unpaired) electrons. The maximum Gasteiger partial charge on any atom is 0.203 e. The van der Waals surface area contributed by atoms with E-state index in [1.807, 2.05) is 0 Å². The molecule has 0 saturated heterocycles. The van der Waals surface area contributed by atoms with Crippen LogP contribution >= 0.6 is 11.6 Å². The van der Waals surface area contributed by atoms with Gasteiger partial charge in [0.05, 0.1) is 26.4 Å². The van der Waals surface area contributed by atoms with Crippen LogP contribution < -0.4 is 19.9 Å². The van der Waals surface area contributed by atoms with E-state index >= 15 is 0 Å². The van der Waals surface area contributed by atoms with Gasteiger partial charge in [0.1, 0.15) is 0 Å². The van der Waals surface area contributed by atoms with Crippen LogP contribution in [0.2, 0.25) is 5.02 Å². The molecule has 0 unspecified atom stereocenters. The van der Waals surface area contributed by atoms with Crippen molar-refractivity contribution in [3.8, 4) is 17.2 Å². The van der Waals surface area contributed by atoms with Crippen molar-refractivity contribution in [2.75, 3.05) is 21.3 Å². The smallest absolute Gasteiger partial charge is 0.203 e. The quantitative estimate of drug-likeness (QED) is 0.925. The van der Waals surface area contributed by atoms with Crippen LogP contribution in [0.15, 0.2) is 6.07 Å². The first-order valence-electron chi connectivity index (χ1n) is 6.85. The van der Waals surface area contributed by atoms with Gasteiger partial charge in [-0.2, -0.15) is 0 Å². The highest BCUT2D eigenvalue weighted by molar-refractivity contribution is 6.32. The van der Waals surface area contributed by atoms with Gasteiger partial charge in [0.15, 0.2) is 11.5 Å². The number of halogens is 1. The van der Waals surface area contributed by atoms with Crippen LogP contribution in [0, 0.1) is 0 Å². The van der Waals surface area contributed by atoms with E-state index in [2.05, 4.69) is 0 Å². The van der Waals surface area contributed by atoms with E-state index in [1.165, 1.54) is 6.42 Å². The summed E-state index contributed by atoms with van der Waals surface area (Å²) in [6.07, 6.45) is 5.22. The summed E-state index contributed by atoms with van der Waals surface area (Å²) >= 11 is 6.45. The molecule has 2 rings (SSSR count). The van der Waals surface area contributed by atoms with Crippen molar-refractivity contribution in [2.45, 2.75) is 37.6 Å². The second-order valence-corrected chi connectivity index (χ2v) is 5.63. The van der Waals surface area contributed by atoms with Crippen molar-refractivity contribution >= 4 is 11.6 Å². The monoisotopic (exact) mass is 299 g/mol. The van der Waals surface area contributed by atoms with Crippen molar-refractivity contribution in [2.24, 2.45) is 5.73 Å². The van der Waals surface area contributed by atoms with Crippen LogP contribution in [0.1, 0.15) is 37.7 Å². The van der Waals surface area contributed by atoms with Crippen molar-refractivity contribution in [1.29, 1.82) is 0 Å². The number of hydrogen-bond donors (Lipinski definition) is 1. The standard InChI is InChI=1S/C15H22ClNO3/c1-18-11-9-10(16)12(14(20-3)13(11)19-2)15(17)7-5-4-6-8-15/h9H,4-8,17H2,1-3H3. The topological polar surface area (TPSA) is 53.7 Å². The third-order valence-electron chi connectivity index (χ3n) is 4.03. The molecular weight excluding hydrogens is 278 g/mol. The third-order valence-corrected chi connectivity index (χ3v) is 4.32. The van der Waals surface area contributed by atoms with Gasteiger partial charge >= 0.3 is 0 Å². The molecule has 0 aliphatic heterocycles. The fraction of sp³-hybridized carbons (Fsp3) is 0.600. The van der Waals surface area contributed by atoms with Crippen molar-refractivity contribution in [3.63, 3.8) is 0 Å². The second kappa shape index (κ2) is 6.10. The number of hydrogen-bond acceptors (Lipinski definition) is 4. The summed E-state index contributed by atoms with van der Waals surface area (Å²) in [6, 6.07) is 1.75. The van der Waals surface area contributed by atoms with Crippen LogP contribution in [0.4, 0.5) is 0 Å². The van der Waals surface area contributed by atoms with Crippen molar-refractivity contribution in [3.05, 3.63) is 16.7 Å². The zero-order chi connectivity index (χ0) is 14.8. The Morgan fingerprint density at radius 1 is 1.00 bits per heavy atom. The molecule has 0 amide bonds. The maximum absolute atomic E-state index is 6.61. The molecule has 0 atom stereocenters. The molecule has 1 aromatic rings. The molecule has 1 fully saturated rings. The van der Waals surface area contributed by atoms with Gasteiger partial charge in [-0.15, -0.1) is 0 Å². The molecule has 1 saturated carbocycles. The first-order chi connectivity index (χ1) is 9.57. The predicted octanol–water partition coefficient (Wildman–Crippen LogP) is 3.48. The third kappa shape index (κ3) is 2.54. The average molecular weight is 300 g/mol. The Labute approximate surface area is 125 Å². The number of methoxy groups -OCH3 is 3. The molecule has 1 aliphatic carbocycles. The van der Waals surface area contributed by atoms with Gasteiger partial charge in [-0.25, -0.2) is 0 Å². The highest BCUT2D eigenvalue weighted by atomic mass is 35.5. The summed E-state index contributed by atoms with van der Waals surface area (Å²) in [6.45, 7) is 0. The molecule has 20 heavy (non-hydrogen) atoms. The Kier molecular flexibility index (Phi) is 4.66. The van der Waals surface area contributed by atoms with Crippen molar-refractivity contribution < 1.29 is 14.2 Å². The average Bonchev–Trinajstić information content (AvgIpc) is 2.46. The summed E-state index contributed by atoms with van der Waals surface area (Å²) in [5.41, 5.74) is 6.99. The van der Waals surface area contributed by atoms with Crippen LogP contribution in [0.5, 0.6) is 17.2 Å². The van der Waals surface area contributed by atoms with Gasteiger partial charge in [0.25, 0.3) is 0 Å². The molecule has 0 heterocycles. The molecule has 4 nitrogen and oxygen atoms in total. The lowest BCUT2D eigenvalue weighted by molar-refractivity contribution is 0.277. The van der Waals surface area contributed by atoms with Gasteiger partial charge in [-0.3, -0.25) is 0 Å². The summed E-state index contributed by atoms with van der Waals surface area (Å²) < 4.78 is 16.3. The van der Waals surface area contributed by atoms with E-state index in [0.29, 0.717) is 22.3 Å². The van der Waals surface area contributed by atoms with E-state index < -0.39 is 5.54 Å². The highest BCUT2D eigenvalue weighted by Crippen LogP contribution is 2.50. The van der Waals surface area contributed by atoms with E-state index in [0.717, 1.165) is 31.2 Å².